The fourth-order valence-corrected chi connectivity index (χ4v) is 4.56. The average Bonchev–Trinajstić information content (AvgIpc) is 2.74. The van der Waals surface area contributed by atoms with Gasteiger partial charge in [-0.3, -0.25) is 9.59 Å². The van der Waals surface area contributed by atoms with Crippen LogP contribution in [0.1, 0.15) is 50.2 Å². The summed E-state index contributed by atoms with van der Waals surface area (Å²) < 4.78 is 5.75. The Balaban J connectivity index is 1.40. The van der Waals surface area contributed by atoms with Crippen LogP contribution in [0.2, 0.25) is 0 Å². The highest BCUT2D eigenvalue weighted by Gasteiger charge is 2.37. The van der Waals surface area contributed by atoms with Gasteiger partial charge < -0.3 is 31.4 Å². The number of amides is 2. The zero-order valence-corrected chi connectivity index (χ0v) is 18.9. The maximum absolute atomic E-state index is 12.6. The van der Waals surface area contributed by atoms with Crippen LogP contribution in [0, 0.1) is 5.92 Å². The monoisotopic (exact) mass is 442 g/mol. The van der Waals surface area contributed by atoms with Gasteiger partial charge in [0.15, 0.2) is 0 Å². The first-order chi connectivity index (χ1) is 15.3. The van der Waals surface area contributed by atoms with E-state index in [1.807, 2.05) is 25.1 Å². The number of benzene rings is 1. The zero-order chi connectivity index (χ0) is 23.1. The number of rotatable bonds is 10. The molecule has 2 aliphatic rings. The maximum Gasteiger partial charge on any atom is 0.547 e. The molecule has 9 heteroatoms. The summed E-state index contributed by atoms with van der Waals surface area (Å²) in [4.78, 5) is 23.3. The normalized spacial score (nSPS) is 22.6. The zero-order valence-electron chi connectivity index (χ0n) is 18.9. The fraction of sp³-hybridized carbons (Fsp3) is 0.565. The van der Waals surface area contributed by atoms with Gasteiger partial charge in [-0.1, -0.05) is 24.8 Å². The molecule has 1 aromatic carbocycles. The number of hydrogen-bond acceptors (Lipinski definition) is 6. The SMILES string of the molecule is C=C(C)c1cccc2c1OB(O)[C@@H](NC(=O)C[C@H]1CC[C@H](NCCNCC(N)=O)CC1)C2. The highest BCUT2D eigenvalue weighted by atomic mass is 16.5. The molecule has 0 aromatic heterocycles. The summed E-state index contributed by atoms with van der Waals surface area (Å²) in [5, 5.41) is 19.9. The lowest BCUT2D eigenvalue weighted by Crippen LogP contribution is -2.53. The molecule has 0 unspecified atom stereocenters. The van der Waals surface area contributed by atoms with Crippen LogP contribution in [0.5, 0.6) is 5.75 Å². The molecule has 0 spiro atoms. The van der Waals surface area contributed by atoms with Gasteiger partial charge in [0.05, 0.1) is 12.5 Å². The summed E-state index contributed by atoms with van der Waals surface area (Å²) >= 11 is 0. The van der Waals surface area contributed by atoms with E-state index in [4.69, 9.17) is 10.4 Å². The standard InChI is InChI=1S/C23H35BN4O4/c1-15(2)19-5-3-4-17-13-20(24(31)32-23(17)19)28-22(30)12-16-6-8-18(9-7-16)27-11-10-26-14-21(25)29/h3-5,16,18,20,26-27,31H,1,6-14H2,2H3,(H2,25,29)(H,28,30)/t16-,18-,20-/m0/s1. The molecule has 2 amide bonds. The van der Waals surface area contributed by atoms with Crippen LogP contribution < -0.4 is 26.3 Å². The summed E-state index contributed by atoms with van der Waals surface area (Å²) in [6, 6.07) is 6.28. The second-order valence-corrected chi connectivity index (χ2v) is 8.98. The van der Waals surface area contributed by atoms with E-state index in [-0.39, 0.29) is 18.4 Å². The van der Waals surface area contributed by atoms with Gasteiger partial charge in [0.25, 0.3) is 0 Å². The molecule has 174 valence electrons. The third-order valence-corrected chi connectivity index (χ3v) is 6.28. The van der Waals surface area contributed by atoms with Crippen molar-refractivity contribution < 1.29 is 19.3 Å². The Morgan fingerprint density at radius 2 is 2.00 bits per heavy atom. The molecule has 3 rings (SSSR count). The van der Waals surface area contributed by atoms with Gasteiger partial charge in [-0.2, -0.15) is 0 Å². The van der Waals surface area contributed by atoms with E-state index < -0.39 is 13.1 Å². The lowest BCUT2D eigenvalue weighted by molar-refractivity contribution is -0.122. The Kier molecular flexibility index (Phi) is 8.72. The third kappa shape index (κ3) is 6.82. The van der Waals surface area contributed by atoms with Crippen LogP contribution in [0.4, 0.5) is 0 Å². The van der Waals surface area contributed by atoms with Crippen LogP contribution in [-0.4, -0.2) is 55.6 Å². The maximum atomic E-state index is 12.6. The smallest absolute Gasteiger partial charge is 0.534 e. The number of carbonyl (C=O) groups is 2. The Labute approximate surface area is 190 Å². The molecule has 1 aromatic rings. The van der Waals surface area contributed by atoms with Crippen molar-refractivity contribution in [3.63, 3.8) is 0 Å². The van der Waals surface area contributed by atoms with Crippen molar-refractivity contribution in [3.05, 3.63) is 35.9 Å². The van der Waals surface area contributed by atoms with Crippen LogP contribution >= 0.6 is 0 Å². The lowest BCUT2D eigenvalue weighted by Gasteiger charge is -2.31. The number of para-hydroxylation sites is 1. The minimum Gasteiger partial charge on any atom is -0.534 e. The van der Waals surface area contributed by atoms with E-state index in [2.05, 4.69) is 22.5 Å². The first kappa shape index (κ1) is 24.3. The Bertz CT molecular complexity index is 826. The minimum atomic E-state index is -1.07. The molecule has 1 saturated carbocycles. The van der Waals surface area contributed by atoms with Crippen molar-refractivity contribution in [1.82, 2.24) is 16.0 Å². The minimum absolute atomic E-state index is 0.0378. The van der Waals surface area contributed by atoms with E-state index in [9.17, 15) is 14.6 Å². The van der Waals surface area contributed by atoms with Gasteiger partial charge >= 0.3 is 7.12 Å². The molecule has 32 heavy (non-hydrogen) atoms. The van der Waals surface area contributed by atoms with Crippen LogP contribution in [0.15, 0.2) is 24.8 Å². The van der Waals surface area contributed by atoms with Gasteiger partial charge in [0, 0.05) is 31.1 Å². The van der Waals surface area contributed by atoms with E-state index >= 15 is 0 Å². The average molecular weight is 442 g/mol. The van der Waals surface area contributed by atoms with Gasteiger partial charge in [-0.15, -0.1) is 0 Å². The topological polar surface area (TPSA) is 126 Å². The largest absolute Gasteiger partial charge is 0.547 e. The molecular formula is C23H35BN4O4. The molecule has 8 nitrogen and oxygen atoms in total. The van der Waals surface area contributed by atoms with Crippen molar-refractivity contribution >= 4 is 24.5 Å². The van der Waals surface area contributed by atoms with Crippen LogP contribution in [-0.2, 0) is 16.0 Å². The number of allylic oxidation sites excluding steroid dienone is 1. The molecule has 0 saturated heterocycles. The predicted octanol–water partition coefficient (Wildman–Crippen LogP) is 0.773. The first-order valence-corrected chi connectivity index (χ1v) is 11.5. The number of nitrogens with one attached hydrogen (secondary N) is 3. The molecule has 0 bridgehead atoms. The Morgan fingerprint density at radius 1 is 1.25 bits per heavy atom. The lowest BCUT2D eigenvalue weighted by atomic mass is 9.72. The summed E-state index contributed by atoms with van der Waals surface area (Å²) in [6.07, 6.45) is 5.04. The van der Waals surface area contributed by atoms with Gasteiger partial charge in [-0.05, 0) is 56.1 Å². The number of primary amides is 1. The molecule has 0 radical (unpaired) electrons. The number of carbonyl (C=O) groups excluding carboxylic acids is 2. The predicted molar refractivity (Wildman–Crippen MR) is 126 cm³/mol. The van der Waals surface area contributed by atoms with E-state index in [0.29, 0.717) is 37.1 Å². The summed E-state index contributed by atoms with van der Waals surface area (Å²) in [5.74, 6) is 0.168. The van der Waals surface area contributed by atoms with Crippen molar-refractivity contribution in [1.29, 1.82) is 0 Å². The van der Waals surface area contributed by atoms with Gasteiger partial charge in [0.1, 0.15) is 5.75 Å². The third-order valence-electron chi connectivity index (χ3n) is 6.28. The second-order valence-electron chi connectivity index (χ2n) is 8.98. The molecule has 1 atom stereocenters. The van der Waals surface area contributed by atoms with E-state index in [0.717, 1.165) is 48.9 Å². The van der Waals surface area contributed by atoms with Crippen LogP contribution in [0.25, 0.3) is 5.57 Å². The van der Waals surface area contributed by atoms with Gasteiger partial charge in [0.2, 0.25) is 11.8 Å². The van der Waals surface area contributed by atoms with Crippen LogP contribution in [0.3, 0.4) is 0 Å². The highest BCUT2D eigenvalue weighted by Crippen LogP contribution is 2.33. The summed E-state index contributed by atoms with van der Waals surface area (Å²) in [7, 11) is -1.07. The summed E-state index contributed by atoms with van der Waals surface area (Å²) in [6.45, 7) is 7.57. The Morgan fingerprint density at radius 3 is 2.69 bits per heavy atom. The van der Waals surface area contributed by atoms with Crippen molar-refractivity contribution in [2.75, 3.05) is 19.6 Å². The quantitative estimate of drug-likeness (QED) is 0.269. The molecule has 6 N–H and O–H groups in total. The highest BCUT2D eigenvalue weighted by molar-refractivity contribution is 6.46. The first-order valence-electron chi connectivity index (χ1n) is 11.5. The number of nitrogens with two attached hydrogens (primary N) is 1. The second kappa shape index (κ2) is 11.5. The molecule has 1 heterocycles. The molecule has 1 fully saturated rings. The number of hydrogen-bond donors (Lipinski definition) is 5. The summed E-state index contributed by atoms with van der Waals surface area (Å²) in [5.41, 5.74) is 7.84. The van der Waals surface area contributed by atoms with E-state index in [1.165, 1.54) is 0 Å². The molecule has 1 aliphatic carbocycles. The molecular weight excluding hydrogens is 407 g/mol. The number of fused-ring (bicyclic) bond motifs is 1. The van der Waals surface area contributed by atoms with Crippen molar-refractivity contribution in [2.45, 2.75) is 57.4 Å². The molecule has 1 aliphatic heterocycles. The fourth-order valence-electron chi connectivity index (χ4n) is 4.56. The Hall–Kier alpha value is -2.36. The van der Waals surface area contributed by atoms with Crippen molar-refractivity contribution in [3.8, 4) is 5.75 Å². The van der Waals surface area contributed by atoms with E-state index in [1.54, 1.807) is 0 Å². The van der Waals surface area contributed by atoms with Crippen molar-refractivity contribution in [2.24, 2.45) is 11.7 Å². The van der Waals surface area contributed by atoms with Gasteiger partial charge in [-0.25, -0.2) is 0 Å².